The summed E-state index contributed by atoms with van der Waals surface area (Å²) in [6, 6.07) is 1.87. The molecule has 0 spiro atoms. The van der Waals surface area contributed by atoms with E-state index >= 15 is 0 Å². The first kappa shape index (κ1) is 17.1. The highest BCUT2D eigenvalue weighted by Crippen LogP contribution is 2.09. The topological polar surface area (TPSA) is 82.6 Å². The Kier molecular flexibility index (Phi) is 5.97. The Balaban J connectivity index is 1.38. The van der Waals surface area contributed by atoms with Crippen LogP contribution in [0, 0.1) is 0 Å². The fourth-order valence-corrected chi connectivity index (χ4v) is 3.08. The summed E-state index contributed by atoms with van der Waals surface area (Å²) < 4.78 is 3.54. The molecule has 1 saturated heterocycles. The van der Waals surface area contributed by atoms with Crippen LogP contribution >= 0.6 is 0 Å². The molecular formula is C16H26N6O2. The predicted molar refractivity (Wildman–Crippen MR) is 89.3 cm³/mol. The van der Waals surface area contributed by atoms with E-state index in [1.54, 1.807) is 15.6 Å². The van der Waals surface area contributed by atoms with Gasteiger partial charge in [-0.05, 0) is 6.07 Å². The highest BCUT2D eigenvalue weighted by atomic mass is 16.3. The summed E-state index contributed by atoms with van der Waals surface area (Å²) in [6.45, 7) is 6.65. The molecule has 0 aromatic carbocycles. The summed E-state index contributed by atoms with van der Waals surface area (Å²) >= 11 is 0. The van der Waals surface area contributed by atoms with Crippen molar-refractivity contribution in [3.05, 3.63) is 36.4 Å². The Bertz CT molecular complexity index is 591. The van der Waals surface area contributed by atoms with Gasteiger partial charge in [-0.2, -0.15) is 10.2 Å². The van der Waals surface area contributed by atoms with Crippen LogP contribution in [-0.4, -0.2) is 85.0 Å². The van der Waals surface area contributed by atoms with Crippen molar-refractivity contribution in [1.29, 1.82) is 0 Å². The number of piperazine rings is 1. The van der Waals surface area contributed by atoms with Crippen molar-refractivity contribution in [3.63, 3.8) is 0 Å². The van der Waals surface area contributed by atoms with E-state index in [9.17, 15) is 5.11 Å². The van der Waals surface area contributed by atoms with E-state index in [4.69, 9.17) is 5.11 Å². The molecule has 0 saturated carbocycles. The molecule has 3 rings (SSSR count). The molecule has 2 aromatic heterocycles. The maximum absolute atomic E-state index is 10.2. The molecule has 2 aromatic rings. The lowest BCUT2D eigenvalue weighted by Gasteiger charge is -2.35. The molecule has 24 heavy (non-hydrogen) atoms. The molecule has 3 heterocycles. The molecule has 8 heteroatoms. The third kappa shape index (κ3) is 4.88. The molecule has 1 aliphatic heterocycles. The summed E-state index contributed by atoms with van der Waals surface area (Å²) in [5.41, 5.74) is 1.18. The first-order valence-electron chi connectivity index (χ1n) is 8.45. The van der Waals surface area contributed by atoms with Crippen LogP contribution < -0.4 is 0 Å². The van der Waals surface area contributed by atoms with Crippen LogP contribution in [0.3, 0.4) is 0 Å². The zero-order chi connectivity index (χ0) is 16.8. The maximum atomic E-state index is 10.2. The largest absolute Gasteiger partial charge is 0.394 e. The van der Waals surface area contributed by atoms with Crippen molar-refractivity contribution >= 4 is 0 Å². The van der Waals surface area contributed by atoms with Crippen LogP contribution in [0.25, 0.3) is 0 Å². The maximum Gasteiger partial charge on any atom is 0.0862 e. The summed E-state index contributed by atoms with van der Waals surface area (Å²) in [7, 11) is 0. The molecular weight excluding hydrogens is 308 g/mol. The van der Waals surface area contributed by atoms with Gasteiger partial charge in [-0.1, -0.05) is 0 Å². The van der Waals surface area contributed by atoms with Gasteiger partial charge in [-0.15, -0.1) is 0 Å². The van der Waals surface area contributed by atoms with Crippen LogP contribution in [0.4, 0.5) is 0 Å². The van der Waals surface area contributed by atoms with Crippen LogP contribution in [-0.2, 0) is 19.6 Å². The monoisotopic (exact) mass is 334 g/mol. The Hall–Kier alpha value is -1.74. The minimum Gasteiger partial charge on any atom is -0.394 e. The van der Waals surface area contributed by atoms with Crippen molar-refractivity contribution in [3.8, 4) is 0 Å². The van der Waals surface area contributed by atoms with Gasteiger partial charge in [0.1, 0.15) is 0 Å². The zero-order valence-corrected chi connectivity index (χ0v) is 13.9. The number of hydrogen-bond donors (Lipinski definition) is 2. The van der Waals surface area contributed by atoms with Gasteiger partial charge in [-0.3, -0.25) is 19.2 Å². The first-order valence-corrected chi connectivity index (χ1v) is 8.45. The molecule has 1 aliphatic rings. The van der Waals surface area contributed by atoms with E-state index in [2.05, 4.69) is 20.0 Å². The van der Waals surface area contributed by atoms with Crippen molar-refractivity contribution in [2.45, 2.75) is 25.7 Å². The zero-order valence-electron chi connectivity index (χ0n) is 13.9. The summed E-state index contributed by atoms with van der Waals surface area (Å²) in [4.78, 5) is 4.70. The van der Waals surface area contributed by atoms with Crippen LogP contribution in [0.2, 0.25) is 0 Å². The number of aliphatic hydroxyl groups is 2. The third-order valence-corrected chi connectivity index (χ3v) is 4.31. The molecule has 1 fully saturated rings. The lowest BCUT2D eigenvalue weighted by atomic mass is 10.2. The number of aliphatic hydroxyl groups excluding tert-OH is 2. The second-order valence-electron chi connectivity index (χ2n) is 6.29. The standard InChI is InChI=1S/C16H26N6O2/c23-9-8-22-12-15(10-18-22)11-19-4-6-20(7-5-19)13-16(24)14-21-3-1-2-17-21/h1-3,10,12,16,23-24H,4-9,11,13-14H2/t16-/m0/s1. The Morgan fingerprint density at radius 2 is 1.83 bits per heavy atom. The van der Waals surface area contributed by atoms with Crippen molar-refractivity contribution in [1.82, 2.24) is 29.4 Å². The van der Waals surface area contributed by atoms with Crippen LogP contribution in [0.15, 0.2) is 30.9 Å². The van der Waals surface area contributed by atoms with E-state index in [1.807, 2.05) is 24.7 Å². The molecule has 8 nitrogen and oxygen atoms in total. The molecule has 0 aliphatic carbocycles. The summed E-state index contributed by atoms with van der Waals surface area (Å²) in [5, 5.41) is 27.5. The van der Waals surface area contributed by atoms with E-state index in [0.717, 1.165) is 32.7 Å². The quantitative estimate of drug-likeness (QED) is 0.661. The average molecular weight is 334 g/mol. The third-order valence-electron chi connectivity index (χ3n) is 4.31. The number of hydrogen-bond acceptors (Lipinski definition) is 6. The molecule has 0 amide bonds. The van der Waals surface area contributed by atoms with E-state index in [0.29, 0.717) is 19.6 Å². The fraction of sp³-hybridized carbons (Fsp3) is 0.625. The van der Waals surface area contributed by atoms with Crippen LogP contribution in [0.5, 0.6) is 0 Å². The van der Waals surface area contributed by atoms with Gasteiger partial charge in [0, 0.05) is 63.4 Å². The molecule has 0 unspecified atom stereocenters. The van der Waals surface area contributed by atoms with E-state index in [1.165, 1.54) is 5.56 Å². The summed E-state index contributed by atoms with van der Waals surface area (Å²) in [5.74, 6) is 0. The second-order valence-corrected chi connectivity index (χ2v) is 6.29. The SMILES string of the molecule is OCCn1cc(CN2CCN(C[C@H](O)Cn3cccn3)CC2)cn1. The van der Waals surface area contributed by atoms with E-state index in [-0.39, 0.29) is 6.61 Å². The van der Waals surface area contributed by atoms with E-state index < -0.39 is 6.10 Å². The van der Waals surface area contributed by atoms with Gasteiger partial charge in [-0.25, -0.2) is 0 Å². The number of rotatable bonds is 8. The molecule has 0 radical (unpaired) electrons. The summed E-state index contributed by atoms with van der Waals surface area (Å²) in [6.07, 6.45) is 7.08. The molecule has 132 valence electrons. The minimum atomic E-state index is -0.395. The highest BCUT2D eigenvalue weighted by Gasteiger charge is 2.19. The van der Waals surface area contributed by atoms with Gasteiger partial charge in [0.05, 0.1) is 32.0 Å². The van der Waals surface area contributed by atoms with Gasteiger partial charge in [0.2, 0.25) is 0 Å². The highest BCUT2D eigenvalue weighted by molar-refractivity contribution is 5.04. The normalized spacial score (nSPS) is 18.1. The lowest BCUT2D eigenvalue weighted by molar-refractivity contribution is 0.0605. The van der Waals surface area contributed by atoms with Crippen LogP contribution in [0.1, 0.15) is 5.56 Å². The van der Waals surface area contributed by atoms with Gasteiger partial charge >= 0.3 is 0 Å². The fourth-order valence-electron chi connectivity index (χ4n) is 3.08. The van der Waals surface area contributed by atoms with Gasteiger partial charge < -0.3 is 10.2 Å². The molecule has 1 atom stereocenters. The van der Waals surface area contributed by atoms with Crippen molar-refractivity contribution < 1.29 is 10.2 Å². The predicted octanol–water partition coefficient (Wildman–Crippen LogP) is -0.749. The van der Waals surface area contributed by atoms with Crippen molar-refractivity contribution in [2.24, 2.45) is 0 Å². The Morgan fingerprint density at radius 1 is 1.04 bits per heavy atom. The van der Waals surface area contributed by atoms with Gasteiger partial charge in [0.15, 0.2) is 0 Å². The smallest absolute Gasteiger partial charge is 0.0862 e. The number of aromatic nitrogens is 4. The Morgan fingerprint density at radius 3 is 2.54 bits per heavy atom. The first-order chi connectivity index (χ1) is 11.7. The average Bonchev–Trinajstić information content (AvgIpc) is 3.22. The molecule has 0 bridgehead atoms. The van der Waals surface area contributed by atoms with Crippen molar-refractivity contribution in [2.75, 3.05) is 39.3 Å². The number of nitrogens with zero attached hydrogens (tertiary/aromatic N) is 6. The Labute approximate surface area is 141 Å². The molecule has 2 N–H and O–H groups in total. The lowest BCUT2D eigenvalue weighted by Crippen LogP contribution is -2.48. The minimum absolute atomic E-state index is 0.112. The second kappa shape index (κ2) is 8.39. The number of β-amino-alcohol motifs (C(OH)–C–C–N with tert-alkyl or cyclic N) is 1. The van der Waals surface area contributed by atoms with Gasteiger partial charge in [0.25, 0.3) is 0 Å².